The Labute approximate surface area is 107 Å². The summed E-state index contributed by atoms with van der Waals surface area (Å²) in [4.78, 5) is 17.9. The normalized spacial score (nSPS) is 19.1. The summed E-state index contributed by atoms with van der Waals surface area (Å²) in [5.41, 5.74) is 0. The Morgan fingerprint density at radius 1 is 1.61 bits per heavy atom. The van der Waals surface area contributed by atoms with Crippen molar-refractivity contribution < 1.29 is 9.53 Å². The number of H-pyrrole nitrogens is 1. The predicted molar refractivity (Wildman–Crippen MR) is 66.3 cm³/mol. The zero-order chi connectivity index (χ0) is 13.0. The van der Waals surface area contributed by atoms with Crippen molar-refractivity contribution in [2.24, 2.45) is 0 Å². The molecule has 6 nitrogen and oxygen atoms in total. The van der Waals surface area contributed by atoms with Crippen LogP contribution in [0, 0.1) is 0 Å². The van der Waals surface area contributed by atoms with E-state index in [0.717, 1.165) is 38.1 Å². The summed E-state index contributed by atoms with van der Waals surface area (Å²) < 4.78 is 5.51. The van der Waals surface area contributed by atoms with Crippen LogP contribution < -0.4 is 0 Å². The minimum absolute atomic E-state index is 0.149. The van der Waals surface area contributed by atoms with E-state index in [2.05, 4.69) is 22.1 Å². The number of nitrogens with one attached hydrogen (secondary N) is 1. The number of amides is 1. The summed E-state index contributed by atoms with van der Waals surface area (Å²) in [5.74, 6) is 0.870. The molecular weight excluding hydrogens is 232 g/mol. The number of carbonyl (C=O) groups is 1. The van der Waals surface area contributed by atoms with Crippen molar-refractivity contribution in [2.45, 2.75) is 38.7 Å². The number of aromatic nitrogens is 3. The van der Waals surface area contributed by atoms with E-state index >= 15 is 0 Å². The van der Waals surface area contributed by atoms with Gasteiger partial charge in [-0.1, -0.05) is 6.92 Å². The highest BCUT2D eigenvalue weighted by Gasteiger charge is 2.22. The lowest BCUT2D eigenvalue weighted by atomic mass is 10.2. The van der Waals surface area contributed by atoms with Gasteiger partial charge in [0.2, 0.25) is 5.82 Å². The second-order valence-electron chi connectivity index (χ2n) is 4.68. The number of carbonyl (C=O) groups excluding carboxylic acids is 1. The van der Waals surface area contributed by atoms with Gasteiger partial charge in [0.1, 0.15) is 5.82 Å². The van der Waals surface area contributed by atoms with Crippen molar-refractivity contribution in [2.75, 3.05) is 20.2 Å². The predicted octanol–water partition coefficient (Wildman–Crippen LogP) is 1.01. The monoisotopic (exact) mass is 252 g/mol. The van der Waals surface area contributed by atoms with Crippen LogP contribution in [0.15, 0.2) is 0 Å². The van der Waals surface area contributed by atoms with Gasteiger partial charge < -0.3 is 9.64 Å². The molecule has 1 saturated heterocycles. The Kier molecular flexibility index (Phi) is 4.30. The minimum Gasteiger partial charge on any atom is -0.376 e. The molecule has 1 aliphatic heterocycles. The Balaban J connectivity index is 1.91. The van der Waals surface area contributed by atoms with E-state index in [1.807, 2.05) is 0 Å². The first-order valence-corrected chi connectivity index (χ1v) is 6.49. The lowest BCUT2D eigenvalue weighted by Gasteiger charge is -2.19. The van der Waals surface area contributed by atoms with Crippen LogP contribution in [0.25, 0.3) is 0 Å². The Bertz CT molecular complexity index is 399. The zero-order valence-corrected chi connectivity index (χ0v) is 11.0. The average molecular weight is 252 g/mol. The SMILES string of the molecule is CCCc1nc(C(=O)N(C)CC2CCCO2)n[nH]1. The fourth-order valence-corrected chi connectivity index (χ4v) is 2.09. The molecule has 0 radical (unpaired) electrons. The molecular formula is C12H20N4O2. The van der Waals surface area contributed by atoms with Crippen molar-refractivity contribution in [1.29, 1.82) is 0 Å². The van der Waals surface area contributed by atoms with Gasteiger partial charge in [-0.2, -0.15) is 0 Å². The fourth-order valence-electron chi connectivity index (χ4n) is 2.09. The van der Waals surface area contributed by atoms with Gasteiger partial charge in [0.15, 0.2) is 0 Å². The van der Waals surface area contributed by atoms with Gasteiger partial charge >= 0.3 is 0 Å². The molecule has 6 heteroatoms. The number of likely N-dealkylation sites (N-methyl/N-ethyl adjacent to an activating group) is 1. The molecule has 0 spiro atoms. The highest BCUT2D eigenvalue weighted by molar-refractivity contribution is 5.90. The number of hydrogen-bond donors (Lipinski definition) is 1. The van der Waals surface area contributed by atoms with Crippen molar-refractivity contribution >= 4 is 5.91 Å². The maximum absolute atomic E-state index is 12.1. The lowest BCUT2D eigenvalue weighted by Crippen LogP contribution is -2.34. The number of nitrogens with zero attached hydrogens (tertiary/aromatic N) is 3. The molecule has 1 amide bonds. The maximum atomic E-state index is 12.1. The standard InChI is InChI=1S/C12H20N4O2/c1-3-5-10-13-11(15-14-10)12(17)16(2)8-9-6-4-7-18-9/h9H,3-8H2,1-2H3,(H,13,14,15). The summed E-state index contributed by atoms with van der Waals surface area (Å²) in [6, 6.07) is 0. The lowest BCUT2D eigenvalue weighted by molar-refractivity contribution is 0.0578. The molecule has 1 aromatic heterocycles. The van der Waals surface area contributed by atoms with Crippen LogP contribution in [0.2, 0.25) is 0 Å². The van der Waals surface area contributed by atoms with E-state index in [-0.39, 0.29) is 17.8 Å². The highest BCUT2D eigenvalue weighted by Crippen LogP contribution is 2.13. The minimum atomic E-state index is -0.149. The molecule has 1 fully saturated rings. The molecule has 1 atom stereocenters. The molecule has 0 saturated carbocycles. The third-order valence-electron chi connectivity index (χ3n) is 3.06. The topological polar surface area (TPSA) is 71.1 Å². The molecule has 100 valence electrons. The van der Waals surface area contributed by atoms with Crippen molar-refractivity contribution in [1.82, 2.24) is 20.1 Å². The molecule has 2 rings (SSSR count). The Morgan fingerprint density at radius 2 is 2.44 bits per heavy atom. The number of hydrogen-bond acceptors (Lipinski definition) is 4. The number of aryl methyl sites for hydroxylation is 1. The summed E-state index contributed by atoms with van der Waals surface area (Å²) in [7, 11) is 1.76. The van der Waals surface area contributed by atoms with Crippen LogP contribution in [0.5, 0.6) is 0 Å². The number of ether oxygens (including phenoxy) is 1. The molecule has 1 unspecified atom stereocenters. The Morgan fingerprint density at radius 3 is 3.11 bits per heavy atom. The van der Waals surface area contributed by atoms with E-state index < -0.39 is 0 Å². The van der Waals surface area contributed by atoms with Crippen LogP contribution in [-0.2, 0) is 11.2 Å². The third kappa shape index (κ3) is 3.07. The molecule has 1 aliphatic rings. The van der Waals surface area contributed by atoms with Gasteiger partial charge in [0, 0.05) is 26.6 Å². The second-order valence-corrected chi connectivity index (χ2v) is 4.68. The van der Waals surface area contributed by atoms with Crippen LogP contribution in [-0.4, -0.2) is 52.3 Å². The van der Waals surface area contributed by atoms with E-state index in [1.54, 1.807) is 11.9 Å². The highest BCUT2D eigenvalue weighted by atomic mass is 16.5. The second kappa shape index (κ2) is 5.95. The first kappa shape index (κ1) is 13.0. The maximum Gasteiger partial charge on any atom is 0.293 e. The molecule has 0 aliphatic carbocycles. The van der Waals surface area contributed by atoms with E-state index in [9.17, 15) is 4.79 Å². The van der Waals surface area contributed by atoms with Gasteiger partial charge in [-0.15, -0.1) is 5.10 Å². The average Bonchev–Trinajstić information content (AvgIpc) is 3.00. The van der Waals surface area contributed by atoms with Gasteiger partial charge in [0.05, 0.1) is 6.10 Å². The largest absolute Gasteiger partial charge is 0.376 e. The molecule has 1 aromatic rings. The van der Waals surface area contributed by atoms with Crippen LogP contribution in [0.1, 0.15) is 42.6 Å². The van der Waals surface area contributed by atoms with Gasteiger partial charge in [0.25, 0.3) is 5.91 Å². The summed E-state index contributed by atoms with van der Waals surface area (Å²) in [6.07, 6.45) is 4.05. The molecule has 2 heterocycles. The molecule has 1 N–H and O–H groups in total. The van der Waals surface area contributed by atoms with E-state index in [4.69, 9.17) is 4.74 Å². The van der Waals surface area contributed by atoms with Gasteiger partial charge in [-0.05, 0) is 19.3 Å². The quantitative estimate of drug-likeness (QED) is 0.849. The molecule has 0 aromatic carbocycles. The van der Waals surface area contributed by atoms with Gasteiger partial charge in [-0.3, -0.25) is 9.89 Å². The number of aromatic amines is 1. The van der Waals surface area contributed by atoms with Crippen molar-refractivity contribution in [3.63, 3.8) is 0 Å². The Hall–Kier alpha value is -1.43. The van der Waals surface area contributed by atoms with Crippen LogP contribution in [0.4, 0.5) is 0 Å². The fraction of sp³-hybridized carbons (Fsp3) is 0.750. The summed E-state index contributed by atoms with van der Waals surface area (Å²) >= 11 is 0. The number of rotatable bonds is 5. The first-order chi connectivity index (χ1) is 8.70. The molecule has 0 bridgehead atoms. The molecule has 18 heavy (non-hydrogen) atoms. The van der Waals surface area contributed by atoms with Gasteiger partial charge in [-0.25, -0.2) is 4.98 Å². The van der Waals surface area contributed by atoms with Crippen molar-refractivity contribution in [3.8, 4) is 0 Å². The van der Waals surface area contributed by atoms with Crippen LogP contribution in [0.3, 0.4) is 0 Å². The zero-order valence-electron chi connectivity index (χ0n) is 11.0. The smallest absolute Gasteiger partial charge is 0.293 e. The van der Waals surface area contributed by atoms with Crippen molar-refractivity contribution in [3.05, 3.63) is 11.6 Å². The van der Waals surface area contributed by atoms with Crippen LogP contribution >= 0.6 is 0 Å². The summed E-state index contributed by atoms with van der Waals surface area (Å²) in [5, 5.41) is 6.76. The van der Waals surface area contributed by atoms with E-state index in [1.165, 1.54) is 0 Å². The third-order valence-corrected chi connectivity index (χ3v) is 3.06. The van der Waals surface area contributed by atoms with E-state index in [0.29, 0.717) is 6.54 Å². The first-order valence-electron chi connectivity index (χ1n) is 6.49. The summed E-state index contributed by atoms with van der Waals surface area (Å²) in [6.45, 7) is 3.47.